The van der Waals surface area contributed by atoms with Crippen LogP contribution >= 0.6 is 0 Å². The molecule has 1 aromatic heterocycles. The Morgan fingerprint density at radius 2 is 1.74 bits per heavy atom. The second-order valence-corrected chi connectivity index (χ2v) is 5.71. The van der Waals surface area contributed by atoms with E-state index in [2.05, 4.69) is 4.98 Å². The van der Waals surface area contributed by atoms with E-state index in [0.717, 1.165) is 24.6 Å². The first-order valence-electron chi connectivity index (χ1n) is 7.81. The van der Waals surface area contributed by atoms with Gasteiger partial charge in [-0.2, -0.15) is 0 Å². The number of ether oxygens (including phenoxy) is 4. The molecule has 2 heterocycles. The zero-order valence-electron chi connectivity index (χ0n) is 14.8. The second-order valence-electron chi connectivity index (χ2n) is 5.71. The van der Waals surface area contributed by atoms with Crippen LogP contribution in [0.2, 0.25) is 0 Å². The van der Waals surface area contributed by atoms with Gasteiger partial charge >= 0.3 is 23.9 Å². The zero-order chi connectivity index (χ0) is 20.3. The number of rotatable bonds is 6. The number of hydrogen-bond donors (Lipinski definition) is 2. The smallest absolute Gasteiger partial charge is 0.356 e. The summed E-state index contributed by atoms with van der Waals surface area (Å²) >= 11 is 0. The van der Waals surface area contributed by atoms with Gasteiger partial charge < -0.3 is 29.8 Å². The summed E-state index contributed by atoms with van der Waals surface area (Å²) in [6, 6.07) is 0. The van der Waals surface area contributed by atoms with Crippen molar-refractivity contribution in [2.45, 2.75) is 45.3 Å². The Balaban J connectivity index is 2.40. The number of esters is 3. The lowest BCUT2D eigenvalue weighted by Gasteiger charge is -2.23. The molecule has 0 aromatic carbocycles. The molecule has 1 fully saturated rings. The average Bonchev–Trinajstić information content (AvgIpc) is 3.06. The number of imidazole rings is 1. The molecule has 1 aromatic rings. The van der Waals surface area contributed by atoms with Crippen molar-refractivity contribution in [3.8, 4) is 0 Å². The van der Waals surface area contributed by atoms with E-state index in [4.69, 9.17) is 29.8 Å². The fourth-order valence-electron chi connectivity index (χ4n) is 2.63. The number of aromatic carboxylic acids is 1. The molecule has 0 bridgehead atoms. The molecule has 1 aliphatic rings. The number of nitrogens with two attached hydrogens (primary N) is 1. The summed E-state index contributed by atoms with van der Waals surface area (Å²) in [6.45, 7) is 3.18. The number of nitrogen functional groups attached to an aromatic ring is 1. The molecule has 0 saturated carbocycles. The lowest BCUT2D eigenvalue weighted by atomic mass is 10.1. The van der Waals surface area contributed by atoms with E-state index in [1.807, 2.05) is 0 Å². The number of carbonyl (C=O) groups is 4. The highest BCUT2D eigenvalue weighted by atomic mass is 16.7. The van der Waals surface area contributed by atoms with E-state index < -0.39 is 48.4 Å². The molecule has 148 valence electrons. The second kappa shape index (κ2) is 8.03. The van der Waals surface area contributed by atoms with Crippen molar-refractivity contribution in [3.63, 3.8) is 0 Å². The lowest BCUT2D eigenvalue weighted by Crippen LogP contribution is -2.40. The van der Waals surface area contributed by atoms with Crippen LogP contribution < -0.4 is 5.73 Å². The summed E-state index contributed by atoms with van der Waals surface area (Å²) in [6.07, 6.45) is -3.34. The molecule has 0 spiro atoms. The minimum Gasteiger partial charge on any atom is -0.476 e. The third kappa shape index (κ3) is 4.73. The Morgan fingerprint density at radius 1 is 1.15 bits per heavy atom. The number of carboxylic acid groups (broad SMARTS) is 1. The Hall–Kier alpha value is -3.15. The van der Waals surface area contributed by atoms with Gasteiger partial charge in [0.25, 0.3) is 0 Å². The van der Waals surface area contributed by atoms with Crippen LogP contribution in [0, 0.1) is 0 Å². The molecule has 2 rings (SSSR count). The van der Waals surface area contributed by atoms with Crippen LogP contribution in [0.15, 0.2) is 6.20 Å². The fraction of sp³-hybridized carbons (Fsp3) is 0.533. The molecule has 3 N–H and O–H groups in total. The van der Waals surface area contributed by atoms with Crippen molar-refractivity contribution in [1.29, 1.82) is 0 Å². The molecular formula is C15H19N3O9. The molecule has 0 aliphatic carbocycles. The van der Waals surface area contributed by atoms with Gasteiger partial charge in [-0.15, -0.1) is 0 Å². The van der Waals surface area contributed by atoms with Gasteiger partial charge in [0.1, 0.15) is 12.7 Å². The quantitative estimate of drug-likeness (QED) is 0.477. The molecule has 27 heavy (non-hydrogen) atoms. The maximum absolute atomic E-state index is 11.5. The van der Waals surface area contributed by atoms with Crippen LogP contribution in [-0.2, 0) is 33.3 Å². The third-order valence-electron chi connectivity index (χ3n) is 3.59. The van der Waals surface area contributed by atoms with Crippen molar-refractivity contribution in [2.75, 3.05) is 12.3 Å². The highest BCUT2D eigenvalue weighted by molar-refractivity contribution is 5.85. The summed E-state index contributed by atoms with van der Waals surface area (Å²) in [5.41, 5.74) is 5.38. The summed E-state index contributed by atoms with van der Waals surface area (Å²) in [7, 11) is 0. The van der Waals surface area contributed by atoms with Gasteiger partial charge in [0.05, 0.1) is 0 Å². The number of hydrogen-bond acceptors (Lipinski definition) is 10. The maximum atomic E-state index is 11.5. The summed E-state index contributed by atoms with van der Waals surface area (Å²) in [5.74, 6) is -3.52. The van der Waals surface area contributed by atoms with E-state index in [1.165, 1.54) is 6.92 Å². The fourth-order valence-corrected chi connectivity index (χ4v) is 2.63. The first-order valence-corrected chi connectivity index (χ1v) is 7.81. The average molecular weight is 385 g/mol. The molecule has 0 unspecified atom stereocenters. The maximum Gasteiger partial charge on any atom is 0.356 e. The summed E-state index contributed by atoms with van der Waals surface area (Å²) in [5, 5.41) is 9.06. The van der Waals surface area contributed by atoms with Crippen LogP contribution in [0.1, 0.15) is 37.5 Å². The SMILES string of the molecule is CC(=O)OC[C@H]1O[C@@H](n2cc(C(=O)O)nc2N)[C@H](OC(C)=O)[C@@H]1OC(C)=O. The molecular weight excluding hydrogens is 366 g/mol. The molecule has 0 radical (unpaired) electrons. The van der Waals surface area contributed by atoms with Crippen LogP contribution in [0.25, 0.3) is 0 Å². The zero-order valence-corrected chi connectivity index (χ0v) is 14.8. The summed E-state index contributed by atoms with van der Waals surface area (Å²) in [4.78, 5) is 48.9. The Labute approximate surface area is 153 Å². The Bertz CT molecular complexity index is 760. The standard InChI is InChI=1S/C15H19N3O9/c1-6(19)24-5-10-11(25-7(2)20)12(26-8(3)21)13(27-10)18-4-9(14(22)23)17-15(18)16/h4,10-13H,5H2,1-3H3,(H2,16,17)(H,22,23)/t10-,11-,12-,13-/m1/s1. The Morgan fingerprint density at radius 3 is 2.22 bits per heavy atom. The number of anilines is 1. The van der Waals surface area contributed by atoms with Crippen molar-refractivity contribution < 1.29 is 43.2 Å². The van der Waals surface area contributed by atoms with Gasteiger partial charge in [0.2, 0.25) is 5.95 Å². The summed E-state index contributed by atoms with van der Waals surface area (Å²) < 4.78 is 22.2. The first-order chi connectivity index (χ1) is 12.6. The monoisotopic (exact) mass is 385 g/mol. The topological polar surface area (TPSA) is 169 Å². The number of aromatic nitrogens is 2. The van der Waals surface area contributed by atoms with E-state index >= 15 is 0 Å². The van der Waals surface area contributed by atoms with Crippen molar-refractivity contribution in [1.82, 2.24) is 9.55 Å². The highest BCUT2D eigenvalue weighted by Crippen LogP contribution is 2.35. The van der Waals surface area contributed by atoms with E-state index in [0.29, 0.717) is 0 Å². The van der Waals surface area contributed by atoms with E-state index in [9.17, 15) is 19.2 Å². The van der Waals surface area contributed by atoms with Crippen molar-refractivity contribution in [3.05, 3.63) is 11.9 Å². The molecule has 12 heteroatoms. The van der Waals surface area contributed by atoms with E-state index in [1.54, 1.807) is 0 Å². The Kier molecular flexibility index (Phi) is 6.00. The largest absolute Gasteiger partial charge is 0.476 e. The molecule has 1 saturated heterocycles. The van der Waals surface area contributed by atoms with Crippen LogP contribution in [0.5, 0.6) is 0 Å². The van der Waals surface area contributed by atoms with Gasteiger partial charge in [-0.25, -0.2) is 9.78 Å². The highest BCUT2D eigenvalue weighted by Gasteiger charge is 2.51. The molecule has 1 aliphatic heterocycles. The van der Waals surface area contributed by atoms with Crippen molar-refractivity contribution >= 4 is 29.8 Å². The minimum atomic E-state index is -1.32. The molecule has 12 nitrogen and oxygen atoms in total. The number of carbonyl (C=O) groups excluding carboxylic acids is 3. The number of nitrogens with zero attached hydrogens (tertiary/aromatic N) is 2. The van der Waals surface area contributed by atoms with Gasteiger partial charge in [0.15, 0.2) is 24.1 Å². The number of carboxylic acids is 1. The van der Waals surface area contributed by atoms with Crippen molar-refractivity contribution in [2.24, 2.45) is 0 Å². The van der Waals surface area contributed by atoms with Crippen LogP contribution in [0.3, 0.4) is 0 Å². The molecule has 0 amide bonds. The minimum absolute atomic E-state index is 0.218. The van der Waals surface area contributed by atoms with Gasteiger partial charge in [-0.1, -0.05) is 0 Å². The predicted octanol–water partition coefficient (Wildman–Crippen LogP) is -0.513. The molecule has 4 atom stereocenters. The van der Waals surface area contributed by atoms with Gasteiger partial charge in [-0.05, 0) is 0 Å². The first kappa shape index (κ1) is 20.2. The van der Waals surface area contributed by atoms with Gasteiger partial charge in [-0.3, -0.25) is 19.0 Å². The lowest BCUT2D eigenvalue weighted by molar-refractivity contribution is -0.166. The van der Waals surface area contributed by atoms with Crippen LogP contribution in [-0.4, -0.2) is 63.5 Å². The van der Waals surface area contributed by atoms with Crippen LogP contribution in [0.4, 0.5) is 5.95 Å². The third-order valence-corrected chi connectivity index (χ3v) is 3.59. The predicted molar refractivity (Wildman–Crippen MR) is 85.2 cm³/mol. The normalized spacial score (nSPS) is 24.3. The van der Waals surface area contributed by atoms with Gasteiger partial charge in [0, 0.05) is 27.0 Å². The van der Waals surface area contributed by atoms with E-state index in [-0.39, 0.29) is 18.2 Å².